The van der Waals surface area contributed by atoms with Crippen molar-refractivity contribution in [3.63, 3.8) is 0 Å². The lowest BCUT2D eigenvalue weighted by Crippen LogP contribution is -2.55. The van der Waals surface area contributed by atoms with Gasteiger partial charge in [0.15, 0.2) is 0 Å². The molecule has 1 aromatic carbocycles. The van der Waals surface area contributed by atoms with Crippen molar-refractivity contribution in [1.82, 2.24) is 4.90 Å². The predicted octanol–water partition coefficient (Wildman–Crippen LogP) is 2.88. The van der Waals surface area contributed by atoms with Crippen molar-refractivity contribution in [1.29, 1.82) is 0 Å². The van der Waals surface area contributed by atoms with Crippen LogP contribution in [0.4, 0.5) is 0 Å². The van der Waals surface area contributed by atoms with Crippen molar-refractivity contribution in [3.8, 4) is 5.75 Å². The topological polar surface area (TPSA) is 55.6 Å². The number of likely N-dealkylation sites (N-methyl/N-ethyl adjacent to an activating group) is 1. The van der Waals surface area contributed by atoms with Crippen LogP contribution in [0, 0.1) is 0 Å². The van der Waals surface area contributed by atoms with Gasteiger partial charge in [-0.3, -0.25) is 4.79 Å². The van der Waals surface area contributed by atoms with Crippen molar-refractivity contribution in [3.05, 3.63) is 29.8 Å². The molecule has 0 heterocycles. The molecule has 0 aromatic heterocycles. The molecule has 1 aliphatic carbocycles. The van der Waals surface area contributed by atoms with Gasteiger partial charge in [0.1, 0.15) is 5.75 Å². The molecular weight excluding hydrogens is 264 g/mol. The van der Waals surface area contributed by atoms with Gasteiger partial charge in [-0.05, 0) is 25.8 Å². The van der Waals surface area contributed by atoms with E-state index in [1.54, 1.807) is 12.0 Å². The number of hydrogen-bond donors (Lipinski definition) is 1. The average Bonchev–Trinajstić information content (AvgIpc) is 2.53. The Morgan fingerprint density at radius 2 is 1.90 bits per heavy atom. The first-order valence-corrected chi connectivity index (χ1v) is 7.68. The van der Waals surface area contributed by atoms with E-state index in [0.29, 0.717) is 0 Å². The van der Waals surface area contributed by atoms with Gasteiger partial charge in [0.2, 0.25) is 5.91 Å². The van der Waals surface area contributed by atoms with Crippen molar-refractivity contribution in [2.45, 2.75) is 50.6 Å². The Kier molecular flexibility index (Phi) is 4.88. The van der Waals surface area contributed by atoms with E-state index in [1.165, 1.54) is 6.42 Å². The summed E-state index contributed by atoms with van der Waals surface area (Å²) >= 11 is 0. The van der Waals surface area contributed by atoms with Crippen LogP contribution >= 0.6 is 0 Å². The summed E-state index contributed by atoms with van der Waals surface area (Å²) < 4.78 is 5.40. The standard InChI is InChI=1S/C17H26N2O2/c1-13(14-9-5-6-10-15(14)21-3)19(2)16(20)17(18)11-7-4-8-12-17/h5-6,9-10,13H,4,7-8,11-12,18H2,1-3H3. The van der Waals surface area contributed by atoms with E-state index in [2.05, 4.69) is 0 Å². The number of para-hydroxylation sites is 1. The van der Waals surface area contributed by atoms with Crippen LogP contribution in [0.25, 0.3) is 0 Å². The highest BCUT2D eigenvalue weighted by Gasteiger charge is 2.38. The number of rotatable bonds is 4. The van der Waals surface area contributed by atoms with E-state index >= 15 is 0 Å². The van der Waals surface area contributed by atoms with Crippen LogP contribution < -0.4 is 10.5 Å². The number of hydrogen-bond acceptors (Lipinski definition) is 3. The fourth-order valence-corrected chi connectivity index (χ4v) is 3.14. The first kappa shape index (κ1) is 15.8. The molecule has 1 saturated carbocycles. The monoisotopic (exact) mass is 290 g/mol. The van der Waals surface area contributed by atoms with Gasteiger partial charge in [-0.15, -0.1) is 0 Å². The second-order valence-corrected chi connectivity index (χ2v) is 6.05. The maximum absolute atomic E-state index is 12.8. The lowest BCUT2D eigenvalue weighted by Gasteiger charge is -2.38. The van der Waals surface area contributed by atoms with Gasteiger partial charge in [-0.25, -0.2) is 0 Å². The molecule has 116 valence electrons. The van der Waals surface area contributed by atoms with Crippen molar-refractivity contribution in [2.24, 2.45) is 5.73 Å². The van der Waals surface area contributed by atoms with Crippen LogP contribution in [0.15, 0.2) is 24.3 Å². The first-order chi connectivity index (χ1) is 9.99. The molecule has 0 spiro atoms. The minimum Gasteiger partial charge on any atom is -0.496 e. The summed E-state index contributed by atoms with van der Waals surface area (Å²) in [6.07, 6.45) is 4.83. The van der Waals surface area contributed by atoms with Gasteiger partial charge >= 0.3 is 0 Å². The van der Waals surface area contributed by atoms with Crippen LogP contribution in [-0.4, -0.2) is 30.5 Å². The van der Waals surface area contributed by atoms with Crippen LogP contribution in [0.2, 0.25) is 0 Å². The average molecular weight is 290 g/mol. The summed E-state index contributed by atoms with van der Waals surface area (Å²) in [7, 11) is 3.49. The fourth-order valence-electron chi connectivity index (χ4n) is 3.14. The molecule has 0 aliphatic heterocycles. The highest BCUT2D eigenvalue weighted by Crippen LogP contribution is 2.32. The highest BCUT2D eigenvalue weighted by atomic mass is 16.5. The van der Waals surface area contributed by atoms with Gasteiger partial charge in [-0.1, -0.05) is 37.5 Å². The van der Waals surface area contributed by atoms with Crippen LogP contribution in [0.1, 0.15) is 50.6 Å². The lowest BCUT2D eigenvalue weighted by molar-refractivity contribution is -0.138. The molecule has 2 N–H and O–H groups in total. The third-order valence-corrected chi connectivity index (χ3v) is 4.66. The molecule has 1 amide bonds. The zero-order chi connectivity index (χ0) is 15.5. The Hall–Kier alpha value is -1.55. The van der Waals surface area contributed by atoms with Crippen molar-refractivity contribution in [2.75, 3.05) is 14.2 Å². The molecule has 1 aliphatic rings. The van der Waals surface area contributed by atoms with Crippen LogP contribution in [0.5, 0.6) is 5.75 Å². The third-order valence-electron chi connectivity index (χ3n) is 4.66. The zero-order valence-electron chi connectivity index (χ0n) is 13.3. The van der Waals surface area contributed by atoms with E-state index in [-0.39, 0.29) is 11.9 Å². The number of benzene rings is 1. The minimum atomic E-state index is -0.691. The molecule has 0 saturated heterocycles. The molecule has 4 heteroatoms. The van der Waals surface area contributed by atoms with E-state index in [9.17, 15) is 4.79 Å². The summed E-state index contributed by atoms with van der Waals surface area (Å²) in [5, 5.41) is 0. The van der Waals surface area contributed by atoms with Gasteiger partial charge in [0, 0.05) is 12.6 Å². The number of carbonyl (C=O) groups is 1. The number of ether oxygens (including phenoxy) is 1. The molecule has 1 atom stereocenters. The molecule has 4 nitrogen and oxygen atoms in total. The van der Waals surface area contributed by atoms with Gasteiger partial charge < -0.3 is 15.4 Å². The van der Waals surface area contributed by atoms with E-state index in [0.717, 1.165) is 37.0 Å². The molecule has 2 rings (SSSR count). The Bertz CT molecular complexity index is 495. The second kappa shape index (κ2) is 6.48. The number of methoxy groups -OCH3 is 1. The molecule has 0 radical (unpaired) electrons. The normalized spacial score (nSPS) is 18.9. The molecule has 21 heavy (non-hydrogen) atoms. The van der Waals surface area contributed by atoms with Gasteiger partial charge in [0.05, 0.1) is 18.7 Å². The number of amides is 1. The Morgan fingerprint density at radius 1 is 1.29 bits per heavy atom. The lowest BCUT2D eigenvalue weighted by atomic mass is 9.81. The number of carbonyl (C=O) groups excluding carboxylic acids is 1. The Morgan fingerprint density at radius 3 is 2.52 bits per heavy atom. The van der Waals surface area contributed by atoms with Crippen LogP contribution in [-0.2, 0) is 4.79 Å². The number of nitrogens with two attached hydrogens (primary N) is 1. The first-order valence-electron chi connectivity index (χ1n) is 7.68. The van der Waals surface area contributed by atoms with E-state index in [1.807, 2.05) is 38.2 Å². The minimum absolute atomic E-state index is 0.0422. The van der Waals surface area contributed by atoms with Crippen molar-refractivity contribution >= 4 is 5.91 Å². The molecule has 1 fully saturated rings. The van der Waals surface area contributed by atoms with E-state index < -0.39 is 5.54 Å². The quantitative estimate of drug-likeness (QED) is 0.927. The number of nitrogens with zero attached hydrogens (tertiary/aromatic N) is 1. The Labute approximate surface area is 127 Å². The van der Waals surface area contributed by atoms with Gasteiger partial charge in [0.25, 0.3) is 0 Å². The third kappa shape index (κ3) is 3.21. The van der Waals surface area contributed by atoms with Crippen LogP contribution in [0.3, 0.4) is 0 Å². The SMILES string of the molecule is COc1ccccc1C(C)N(C)C(=O)C1(N)CCCCC1. The summed E-state index contributed by atoms with van der Waals surface area (Å²) in [5.41, 5.74) is 6.69. The predicted molar refractivity (Wildman–Crippen MR) is 84.2 cm³/mol. The maximum atomic E-state index is 12.8. The second-order valence-electron chi connectivity index (χ2n) is 6.05. The molecule has 1 unspecified atom stereocenters. The zero-order valence-corrected chi connectivity index (χ0v) is 13.3. The largest absolute Gasteiger partial charge is 0.496 e. The van der Waals surface area contributed by atoms with E-state index in [4.69, 9.17) is 10.5 Å². The van der Waals surface area contributed by atoms with Gasteiger partial charge in [-0.2, -0.15) is 0 Å². The summed E-state index contributed by atoms with van der Waals surface area (Å²) in [6, 6.07) is 7.75. The Balaban J connectivity index is 2.18. The fraction of sp³-hybridized carbons (Fsp3) is 0.588. The smallest absolute Gasteiger partial charge is 0.242 e. The molecule has 1 aromatic rings. The summed E-state index contributed by atoms with van der Waals surface area (Å²) in [6.45, 7) is 2.02. The maximum Gasteiger partial charge on any atom is 0.242 e. The molecular formula is C17H26N2O2. The van der Waals surface area contributed by atoms with Crippen molar-refractivity contribution < 1.29 is 9.53 Å². The summed E-state index contributed by atoms with van der Waals surface area (Å²) in [5.74, 6) is 0.847. The summed E-state index contributed by atoms with van der Waals surface area (Å²) in [4.78, 5) is 14.6. The highest BCUT2D eigenvalue weighted by molar-refractivity contribution is 5.86. The molecule has 0 bridgehead atoms.